The predicted octanol–water partition coefficient (Wildman–Crippen LogP) is 2.21. The fourth-order valence-electron chi connectivity index (χ4n) is 1.99. The van der Waals surface area contributed by atoms with Crippen LogP contribution in [0.25, 0.3) is 0 Å². The number of hydrogen-bond donors (Lipinski definition) is 2. The molecule has 0 radical (unpaired) electrons. The van der Waals surface area contributed by atoms with Crippen molar-refractivity contribution >= 4 is 5.97 Å². The van der Waals surface area contributed by atoms with Gasteiger partial charge in [-0.05, 0) is 37.0 Å². The van der Waals surface area contributed by atoms with Crippen LogP contribution in [-0.2, 0) is 10.2 Å². The Morgan fingerprint density at radius 3 is 2.60 bits per heavy atom. The van der Waals surface area contributed by atoms with Crippen molar-refractivity contribution in [1.29, 1.82) is 0 Å². The fraction of sp³-hybridized carbons (Fsp3) is 0.417. The second-order valence-electron chi connectivity index (χ2n) is 4.35. The van der Waals surface area contributed by atoms with Crippen LogP contribution in [0.15, 0.2) is 18.2 Å². The molecule has 0 unspecified atom stereocenters. The lowest BCUT2D eigenvalue weighted by Gasteiger charge is -2.14. The number of carboxylic acids is 1. The summed E-state index contributed by atoms with van der Waals surface area (Å²) in [5.74, 6) is -0.483. The highest BCUT2D eigenvalue weighted by atomic mass is 16.4. The molecule has 1 aliphatic carbocycles. The Bertz CT molecular complexity index is 405. The van der Waals surface area contributed by atoms with Gasteiger partial charge in [0, 0.05) is 5.41 Å². The molecule has 80 valence electrons. The number of rotatable bonds is 3. The number of aryl methyl sites for hydroxylation is 1. The van der Waals surface area contributed by atoms with Gasteiger partial charge in [0.1, 0.15) is 5.75 Å². The Hall–Kier alpha value is -1.51. The predicted molar refractivity (Wildman–Crippen MR) is 56.0 cm³/mol. The zero-order valence-electron chi connectivity index (χ0n) is 8.66. The van der Waals surface area contributed by atoms with Gasteiger partial charge >= 0.3 is 5.97 Å². The smallest absolute Gasteiger partial charge is 0.304 e. The van der Waals surface area contributed by atoms with Crippen LogP contribution in [0.4, 0.5) is 0 Å². The lowest BCUT2D eigenvalue weighted by Crippen LogP contribution is -2.12. The van der Waals surface area contributed by atoms with E-state index in [2.05, 4.69) is 0 Å². The molecule has 1 aromatic carbocycles. The first-order valence-electron chi connectivity index (χ1n) is 5.05. The van der Waals surface area contributed by atoms with Gasteiger partial charge in [0.05, 0.1) is 6.42 Å². The Morgan fingerprint density at radius 1 is 1.47 bits per heavy atom. The van der Waals surface area contributed by atoms with E-state index in [4.69, 9.17) is 5.11 Å². The largest absolute Gasteiger partial charge is 0.508 e. The van der Waals surface area contributed by atoms with E-state index in [0.717, 1.165) is 24.0 Å². The third-order valence-corrected chi connectivity index (χ3v) is 3.15. The topological polar surface area (TPSA) is 57.5 Å². The molecular weight excluding hydrogens is 192 g/mol. The average molecular weight is 206 g/mol. The molecule has 2 rings (SSSR count). The molecule has 1 aliphatic rings. The third-order valence-electron chi connectivity index (χ3n) is 3.15. The summed E-state index contributed by atoms with van der Waals surface area (Å²) in [5.41, 5.74) is 1.69. The van der Waals surface area contributed by atoms with Gasteiger partial charge in [-0.2, -0.15) is 0 Å². The van der Waals surface area contributed by atoms with Crippen molar-refractivity contribution in [2.24, 2.45) is 0 Å². The van der Waals surface area contributed by atoms with Gasteiger partial charge < -0.3 is 10.2 Å². The van der Waals surface area contributed by atoms with Gasteiger partial charge in [-0.15, -0.1) is 0 Å². The number of aromatic hydroxyl groups is 1. The molecule has 0 aromatic heterocycles. The molecule has 3 heteroatoms. The normalized spacial score (nSPS) is 17.4. The first-order valence-corrected chi connectivity index (χ1v) is 5.05. The van der Waals surface area contributed by atoms with Crippen LogP contribution < -0.4 is 0 Å². The van der Waals surface area contributed by atoms with Crippen LogP contribution in [0.5, 0.6) is 5.75 Å². The Kier molecular flexibility index (Phi) is 2.18. The monoisotopic (exact) mass is 206 g/mol. The second-order valence-corrected chi connectivity index (χ2v) is 4.35. The molecule has 3 nitrogen and oxygen atoms in total. The van der Waals surface area contributed by atoms with E-state index in [-0.39, 0.29) is 17.6 Å². The van der Waals surface area contributed by atoms with Crippen molar-refractivity contribution in [1.82, 2.24) is 0 Å². The molecule has 1 fully saturated rings. The minimum Gasteiger partial charge on any atom is -0.508 e. The maximum atomic E-state index is 10.7. The standard InChI is InChI=1S/C12H14O3/c1-8-6-9(2-3-10(8)13)12(4-5-12)7-11(14)15/h2-3,6,13H,4-5,7H2,1H3,(H,14,15). The summed E-state index contributed by atoms with van der Waals surface area (Å²) in [5, 5.41) is 18.2. The minimum absolute atomic E-state index is 0.162. The average Bonchev–Trinajstić information content (AvgIpc) is 2.89. The maximum absolute atomic E-state index is 10.7. The molecule has 1 saturated carbocycles. The molecule has 0 aliphatic heterocycles. The zero-order chi connectivity index (χ0) is 11.1. The SMILES string of the molecule is Cc1cc(C2(CC(=O)O)CC2)ccc1O. The van der Waals surface area contributed by atoms with Gasteiger partial charge in [0.15, 0.2) is 0 Å². The van der Waals surface area contributed by atoms with E-state index in [1.807, 2.05) is 19.1 Å². The lowest BCUT2D eigenvalue weighted by atomic mass is 9.91. The molecule has 0 amide bonds. The summed E-state index contributed by atoms with van der Waals surface area (Å²) in [6.07, 6.45) is 2.06. The maximum Gasteiger partial charge on any atom is 0.304 e. The quantitative estimate of drug-likeness (QED) is 0.797. The van der Waals surface area contributed by atoms with Crippen LogP contribution in [0.2, 0.25) is 0 Å². The third kappa shape index (κ3) is 1.82. The molecule has 1 aromatic rings. The van der Waals surface area contributed by atoms with E-state index in [0.29, 0.717) is 0 Å². The summed E-state index contributed by atoms with van der Waals surface area (Å²) < 4.78 is 0. The summed E-state index contributed by atoms with van der Waals surface area (Å²) in [6, 6.07) is 5.37. The summed E-state index contributed by atoms with van der Waals surface area (Å²) in [6.45, 7) is 1.83. The first-order chi connectivity index (χ1) is 7.03. The van der Waals surface area contributed by atoms with E-state index in [1.165, 1.54) is 0 Å². The van der Waals surface area contributed by atoms with Gasteiger partial charge in [-0.25, -0.2) is 0 Å². The minimum atomic E-state index is -0.752. The van der Waals surface area contributed by atoms with Crippen LogP contribution in [0, 0.1) is 6.92 Å². The Balaban J connectivity index is 2.29. The second kappa shape index (κ2) is 3.26. The molecule has 0 atom stereocenters. The number of carboxylic acid groups (broad SMARTS) is 1. The number of phenols is 1. The number of hydrogen-bond acceptors (Lipinski definition) is 2. The first kappa shape index (κ1) is 10.0. The van der Waals surface area contributed by atoms with E-state index < -0.39 is 5.97 Å². The van der Waals surface area contributed by atoms with E-state index in [9.17, 15) is 9.90 Å². The van der Waals surface area contributed by atoms with Crippen molar-refractivity contribution < 1.29 is 15.0 Å². The lowest BCUT2D eigenvalue weighted by molar-refractivity contribution is -0.137. The van der Waals surface area contributed by atoms with Gasteiger partial charge in [0.25, 0.3) is 0 Å². The van der Waals surface area contributed by atoms with Crippen molar-refractivity contribution in [3.8, 4) is 5.75 Å². The molecule has 0 heterocycles. The highest BCUT2D eigenvalue weighted by molar-refractivity contribution is 5.70. The fourth-order valence-corrected chi connectivity index (χ4v) is 1.99. The van der Waals surface area contributed by atoms with Crippen LogP contribution >= 0.6 is 0 Å². The zero-order valence-corrected chi connectivity index (χ0v) is 8.66. The van der Waals surface area contributed by atoms with Crippen LogP contribution in [-0.4, -0.2) is 16.2 Å². The molecule has 2 N–H and O–H groups in total. The molecule has 0 saturated heterocycles. The number of phenolic OH excluding ortho intramolecular Hbond substituents is 1. The summed E-state index contributed by atoms with van der Waals surface area (Å²) in [7, 11) is 0. The van der Waals surface area contributed by atoms with Crippen LogP contribution in [0.3, 0.4) is 0 Å². The van der Waals surface area contributed by atoms with Crippen molar-refractivity contribution in [3.63, 3.8) is 0 Å². The van der Waals surface area contributed by atoms with E-state index >= 15 is 0 Å². The van der Waals surface area contributed by atoms with E-state index in [1.54, 1.807) is 6.07 Å². The van der Waals surface area contributed by atoms with Gasteiger partial charge in [0.2, 0.25) is 0 Å². The Morgan fingerprint density at radius 2 is 2.13 bits per heavy atom. The highest BCUT2D eigenvalue weighted by Gasteiger charge is 2.45. The number of aliphatic carboxylic acids is 1. The molecule has 15 heavy (non-hydrogen) atoms. The van der Waals surface area contributed by atoms with Gasteiger partial charge in [-0.3, -0.25) is 4.79 Å². The summed E-state index contributed by atoms with van der Waals surface area (Å²) >= 11 is 0. The highest BCUT2D eigenvalue weighted by Crippen LogP contribution is 2.51. The van der Waals surface area contributed by atoms with Crippen LogP contribution in [0.1, 0.15) is 30.4 Å². The number of carbonyl (C=O) groups is 1. The molecule has 0 bridgehead atoms. The number of benzene rings is 1. The van der Waals surface area contributed by atoms with Gasteiger partial charge in [-0.1, -0.05) is 12.1 Å². The summed E-state index contributed by atoms with van der Waals surface area (Å²) in [4.78, 5) is 10.7. The van der Waals surface area contributed by atoms with Crippen molar-refractivity contribution in [3.05, 3.63) is 29.3 Å². The van der Waals surface area contributed by atoms with Crippen molar-refractivity contribution in [2.45, 2.75) is 31.6 Å². The molecular formula is C12H14O3. The Labute approximate surface area is 88.4 Å². The van der Waals surface area contributed by atoms with Crippen molar-refractivity contribution in [2.75, 3.05) is 0 Å². The molecule has 0 spiro atoms.